The normalized spacial score (nSPS) is 15.0. The van der Waals surface area contributed by atoms with Crippen molar-refractivity contribution >= 4 is 34.6 Å². The van der Waals surface area contributed by atoms with Crippen LogP contribution in [0.25, 0.3) is 10.8 Å². The minimum Gasteiger partial charge on any atom is -0.480 e. The molecule has 200 valence electrons. The van der Waals surface area contributed by atoms with Gasteiger partial charge >= 0.3 is 12.0 Å². The van der Waals surface area contributed by atoms with Crippen molar-refractivity contribution in [3.05, 3.63) is 66.2 Å². The van der Waals surface area contributed by atoms with Crippen LogP contribution < -0.4 is 16.6 Å². The molecular weight excluding hydrogens is 488 g/mol. The number of likely N-dealkylation sites (tertiary alicyclic amines) is 1. The van der Waals surface area contributed by atoms with E-state index in [9.17, 15) is 24.3 Å². The number of carbonyl (C=O) groups is 4. The predicted octanol–water partition coefficient (Wildman–Crippen LogP) is 1.84. The highest BCUT2D eigenvalue weighted by Crippen LogP contribution is 2.24. The number of rotatable bonds is 9. The number of hydrogen-bond donors (Lipinski definition) is 4. The number of carbonyl (C=O) groups excluding carboxylic acids is 3. The Bertz CT molecular complexity index is 1310. The number of amides is 3. The number of hydrogen-bond acceptors (Lipinski definition) is 6. The average molecular weight is 521 g/mol. The number of hydrazine groups is 1. The molecule has 1 aliphatic heterocycles. The first kappa shape index (κ1) is 26.8. The predicted molar refractivity (Wildman–Crippen MR) is 140 cm³/mol. The minimum atomic E-state index is -1.30. The van der Waals surface area contributed by atoms with Gasteiger partial charge < -0.3 is 15.3 Å². The van der Waals surface area contributed by atoms with Crippen molar-refractivity contribution in [3.8, 4) is 0 Å². The van der Waals surface area contributed by atoms with E-state index in [1.54, 1.807) is 4.90 Å². The SMILES string of the molecule is NNC(=O)n1cnc(C[C@H](NC(=O)C(CC(=O)N2CCCCC2)Cc2cccc3ccccc23)C(=O)O)c1. The fourth-order valence-corrected chi connectivity index (χ4v) is 4.83. The highest BCUT2D eigenvalue weighted by atomic mass is 16.4. The molecule has 3 aromatic rings. The van der Waals surface area contributed by atoms with Crippen LogP contribution in [0.5, 0.6) is 0 Å². The number of aromatic nitrogens is 2. The van der Waals surface area contributed by atoms with Crippen molar-refractivity contribution in [1.29, 1.82) is 0 Å². The third-order valence-corrected chi connectivity index (χ3v) is 6.87. The highest BCUT2D eigenvalue weighted by molar-refractivity contribution is 5.90. The maximum atomic E-state index is 13.5. The number of nitrogen functional groups attached to an aromatic ring is 1. The fraction of sp³-hybridized carbons (Fsp3) is 0.370. The molecule has 11 nitrogen and oxygen atoms in total. The van der Waals surface area contributed by atoms with Gasteiger partial charge in [-0.3, -0.25) is 19.6 Å². The monoisotopic (exact) mass is 520 g/mol. The molecule has 38 heavy (non-hydrogen) atoms. The summed E-state index contributed by atoms with van der Waals surface area (Å²) in [5, 5.41) is 14.4. The van der Waals surface area contributed by atoms with Gasteiger partial charge in [-0.15, -0.1) is 0 Å². The van der Waals surface area contributed by atoms with Crippen LogP contribution in [0.15, 0.2) is 55.0 Å². The number of aliphatic carboxylic acids is 1. The first-order chi connectivity index (χ1) is 18.4. The summed E-state index contributed by atoms with van der Waals surface area (Å²) in [5.74, 6) is 2.48. The number of carboxylic acid groups (broad SMARTS) is 1. The number of fused-ring (bicyclic) bond motifs is 1. The zero-order valence-corrected chi connectivity index (χ0v) is 21.0. The van der Waals surface area contributed by atoms with Gasteiger partial charge in [-0.05, 0) is 42.0 Å². The average Bonchev–Trinajstić information content (AvgIpc) is 3.41. The van der Waals surface area contributed by atoms with Gasteiger partial charge in [-0.2, -0.15) is 0 Å². The van der Waals surface area contributed by atoms with Gasteiger partial charge in [0.1, 0.15) is 12.4 Å². The number of imidazole rings is 1. The Hall–Kier alpha value is -4.25. The second-order valence-electron chi connectivity index (χ2n) is 9.51. The molecule has 2 heterocycles. The molecule has 0 saturated carbocycles. The van der Waals surface area contributed by atoms with Gasteiger partial charge in [0.25, 0.3) is 0 Å². The second kappa shape index (κ2) is 12.3. The number of nitrogens with zero attached hydrogens (tertiary/aromatic N) is 3. The van der Waals surface area contributed by atoms with E-state index >= 15 is 0 Å². The molecule has 1 fully saturated rings. The molecule has 11 heteroatoms. The van der Waals surface area contributed by atoms with Crippen molar-refractivity contribution in [2.24, 2.45) is 11.8 Å². The Morgan fingerprint density at radius 1 is 1.00 bits per heavy atom. The quantitative estimate of drug-likeness (QED) is 0.190. The molecule has 2 aromatic carbocycles. The highest BCUT2D eigenvalue weighted by Gasteiger charge is 2.30. The van der Waals surface area contributed by atoms with Crippen LogP contribution in [0.2, 0.25) is 0 Å². The van der Waals surface area contributed by atoms with Gasteiger partial charge in [0.2, 0.25) is 11.8 Å². The molecule has 1 aliphatic rings. The molecule has 2 atom stereocenters. The number of benzene rings is 2. The summed E-state index contributed by atoms with van der Waals surface area (Å²) in [6.45, 7) is 1.33. The van der Waals surface area contributed by atoms with Gasteiger partial charge in [-0.1, -0.05) is 42.5 Å². The van der Waals surface area contributed by atoms with Crippen molar-refractivity contribution < 1.29 is 24.3 Å². The van der Waals surface area contributed by atoms with E-state index in [-0.39, 0.29) is 30.9 Å². The van der Waals surface area contributed by atoms with Crippen LogP contribution >= 0.6 is 0 Å². The lowest BCUT2D eigenvalue weighted by atomic mass is 9.91. The summed E-state index contributed by atoms with van der Waals surface area (Å²) in [7, 11) is 0. The second-order valence-corrected chi connectivity index (χ2v) is 9.51. The van der Waals surface area contributed by atoms with Gasteiger partial charge in [0, 0.05) is 32.1 Å². The summed E-state index contributed by atoms with van der Waals surface area (Å²) in [6.07, 6.45) is 5.61. The van der Waals surface area contributed by atoms with Crippen molar-refractivity contribution in [2.75, 3.05) is 13.1 Å². The lowest BCUT2D eigenvalue weighted by molar-refractivity contribution is -0.143. The van der Waals surface area contributed by atoms with E-state index in [1.165, 1.54) is 12.5 Å². The molecule has 0 bridgehead atoms. The maximum absolute atomic E-state index is 13.5. The molecule has 5 N–H and O–H groups in total. The van der Waals surface area contributed by atoms with E-state index in [2.05, 4.69) is 10.3 Å². The Balaban J connectivity index is 1.54. The van der Waals surface area contributed by atoms with Crippen LogP contribution in [0.1, 0.15) is 36.9 Å². The van der Waals surface area contributed by atoms with Crippen molar-refractivity contribution in [1.82, 2.24) is 25.2 Å². The number of nitrogens with two attached hydrogens (primary N) is 1. The Morgan fingerprint density at radius 2 is 1.74 bits per heavy atom. The number of piperidine rings is 1. The van der Waals surface area contributed by atoms with Crippen molar-refractivity contribution in [3.63, 3.8) is 0 Å². The molecule has 3 amide bonds. The third-order valence-electron chi connectivity index (χ3n) is 6.87. The summed E-state index contributed by atoms with van der Waals surface area (Å²) < 4.78 is 1.08. The standard InChI is InChI=1S/C27H32N6O5/c28-31-27(38)33-16-21(29-17-33)15-23(26(36)37)30-25(35)20(14-24(34)32-11-4-1-5-12-32)13-19-9-6-8-18-7-2-3-10-22(18)19/h2-3,6-10,16-17,20,23H,1,4-5,11-15,28H2,(H,30,35)(H,31,38)(H,36,37)/t20?,23-/m0/s1. The molecular formula is C27H32N6O5. The number of nitrogens with one attached hydrogen (secondary N) is 2. The van der Waals surface area contributed by atoms with Gasteiger partial charge in [0.15, 0.2) is 0 Å². The van der Waals surface area contributed by atoms with Crippen LogP contribution in [-0.2, 0) is 27.2 Å². The third kappa shape index (κ3) is 6.54. The molecule has 0 radical (unpaired) electrons. The fourth-order valence-electron chi connectivity index (χ4n) is 4.83. The minimum absolute atomic E-state index is 0.0211. The lowest BCUT2D eigenvalue weighted by Gasteiger charge is -2.28. The molecule has 0 aliphatic carbocycles. The van der Waals surface area contributed by atoms with E-state index in [1.807, 2.05) is 47.9 Å². The number of carboxylic acids is 1. The topological polar surface area (TPSA) is 160 Å². The van der Waals surface area contributed by atoms with Crippen molar-refractivity contribution in [2.45, 2.75) is 44.6 Å². The summed E-state index contributed by atoms with van der Waals surface area (Å²) in [6, 6.07) is 11.7. The van der Waals surface area contributed by atoms with E-state index in [0.29, 0.717) is 13.1 Å². The van der Waals surface area contributed by atoms with Gasteiger partial charge in [-0.25, -0.2) is 20.4 Å². The van der Waals surface area contributed by atoms with E-state index < -0.39 is 29.9 Å². The Kier molecular flexibility index (Phi) is 8.70. The van der Waals surface area contributed by atoms with E-state index in [0.717, 1.165) is 40.2 Å². The first-order valence-electron chi connectivity index (χ1n) is 12.7. The van der Waals surface area contributed by atoms with Crippen LogP contribution in [0.3, 0.4) is 0 Å². The smallest absolute Gasteiger partial charge is 0.340 e. The zero-order chi connectivity index (χ0) is 27.1. The summed E-state index contributed by atoms with van der Waals surface area (Å²) in [5.41, 5.74) is 3.16. The lowest BCUT2D eigenvalue weighted by Crippen LogP contribution is -2.47. The Labute approximate surface area is 220 Å². The Morgan fingerprint density at radius 3 is 2.47 bits per heavy atom. The maximum Gasteiger partial charge on any atom is 0.340 e. The zero-order valence-electron chi connectivity index (χ0n) is 21.0. The summed E-state index contributed by atoms with van der Waals surface area (Å²) >= 11 is 0. The molecule has 1 saturated heterocycles. The van der Waals surface area contributed by atoms with Crippen LogP contribution in [0.4, 0.5) is 4.79 Å². The molecule has 4 rings (SSSR count). The summed E-state index contributed by atoms with van der Waals surface area (Å²) in [4.78, 5) is 56.2. The van der Waals surface area contributed by atoms with Crippen LogP contribution in [-0.4, -0.2) is 62.5 Å². The largest absolute Gasteiger partial charge is 0.480 e. The van der Waals surface area contributed by atoms with E-state index in [4.69, 9.17) is 5.84 Å². The van der Waals surface area contributed by atoms with Crippen LogP contribution in [0, 0.1) is 5.92 Å². The molecule has 1 aromatic heterocycles. The first-order valence-corrected chi connectivity index (χ1v) is 12.7. The molecule has 0 spiro atoms. The van der Waals surface area contributed by atoms with Gasteiger partial charge in [0.05, 0.1) is 11.6 Å². The molecule has 1 unspecified atom stereocenters.